The first-order valence-electron chi connectivity index (χ1n) is 11.1. The summed E-state index contributed by atoms with van der Waals surface area (Å²) in [5, 5.41) is 3.55. The lowest BCUT2D eigenvalue weighted by Crippen LogP contribution is -2.42. The molecule has 0 spiro atoms. The molecule has 0 saturated carbocycles. The van der Waals surface area contributed by atoms with Crippen molar-refractivity contribution in [1.29, 1.82) is 0 Å². The van der Waals surface area contributed by atoms with Gasteiger partial charge in [-0.25, -0.2) is 8.42 Å². The van der Waals surface area contributed by atoms with Crippen molar-refractivity contribution in [3.63, 3.8) is 0 Å². The van der Waals surface area contributed by atoms with Gasteiger partial charge in [-0.2, -0.15) is 4.31 Å². The lowest BCUT2D eigenvalue weighted by molar-refractivity contribution is 0.0927. The molecule has 170 valence electrons. The number of nitrogens with zero attached hydrogens (tertiary/aromatic N) is 1. The minimum absolute atomic E-state index is 0.225. The Balaban J connectivity index is 1.53. The maximum absolute atomic E-state index is 13.3. The second-order valence-electron chi connectivity index (χ2n) is 8.97. The summed E-state index contributed by atoms with van der Waals surface area (Å²) in [6, 6.07) is 14.8. The number of carbonyl (C=O) groups excluding carboxylic acids is 1. The van der Waals surface area contributed by atoms with E-state index in [0.29, 0.717) is 48.0 Å². The number of aryl methyl sites for hydroxylation is 1. The number of fused-ring (bicyclic) bond motifs is 1. The van der Waals surface area contributed by atoms with Crippen molar-refractivity contribution in [3.8, 4) is 0 Å². The molecule has 7 heteroatoms. The van der Waals surface area contributed by atoms with Crippen LogP contribution in [-0.4, -0.2) is 38.3 Å². The zero-order valence-corrected chi connectivity index (χ0v) is 19.6. The van der Waals surface area contributed by atoms with Crippen molar-refractivity contribution in [2.45, 2.75) is 38.5 Å². The summed E-state index contributed by atoms with van der Waals surface area (Å²) in [7, 11) is -3.60. The Hall–Kier alpha value is -2.64. The number of carbonyl (C=O) groups is 1. The second kappa shape index (κ2) is 9.08. The molecule has 1 aromatic heterocycles. The third-order valence-electron chi connectivity index (χ3n) is 6.13. The Kier molecular flexibility index (Phi) is 6.40. The lowest BCUT2D eigenvalue weighted by atomic mass is 9.94. The monoisotopic (exact) mass is 454 g/mol. The first-order valence-corrected chi connectivity index (χ1v) is 12.5. The first-order chi connectivity index (χ1) is 15.3. The van der Waals surface area contributed by atoms with Gasteiger partial charge in [-0.1, -0.05) is 44.2 Å². The van der Waals surface area contributed by atoms with Crippen LogP contribution in [0.3, 0.4) is 0 Å². The summed E-state index contributed by atoms with van der Waals surface area (Å²) in [5.41, 5.74) is 2.30. The summed E-state index contributed by atoms with van der Waals surface area (Å²) in [6.45, 7) is 7.52. The molecule has 2 heterocycles. The van der Waals surface area contributed by atoms with E-state index >= 15 is 0 Å². The smallest absolute Gasteiger partial charge is 0.287 e. The van der Waals surface area contributed by atoms with Crippen molar-refractivity contribution < 1.29 is 17.6 Å². The number of hydrogen-bond acceptors (Lipinski definition) is 4. The molecule has 0 unspecified atom stereocenters. The maximum atomic E-state index is 13.3. The molecule has 0 aliphatic carbocycles. The number of amides is 1. The molecule has 32 heavy (non-hydrogen) atoms. The fourth-order valence-corrected chi connectivity index (χ4v) is 6.28. The largest absolute Gasteiger partial charge is 0.451 e. The minimum Gasteiger partial charge on any atom is -0.451 e. The molecule has 0 radical (unpaired) electrons. The number of piperidine rings is 1. The van der Waals surface area contributed by atoms with Crippen molar-refractivity contribution in [3.05, 3.63) is 65.4 Å². The zero-order valence-electron chi connectivity index (χ0n) is 18.8. The lowest BCUT2D eigenvalue weighted by Gasteiger charge is -2.34. The first kappa shape index (κ1) is 22.6. The van der Waals surface area contributed by atoms with Crippen molar-refractivity contribution in [2.24, 2.45) is 11.8 Å². The van der Waals surface area contributed by atoms with E-state index in [-0.39, 0.29) is 16.6 Å². The van der Waals surface area contributed by atoms with Gasteiger partial charge in [0.05, 0.1) is 4.90 Å². The van der Waals surface area contributed by atoms with Crippen LogP contribution in [0.15, 0.2) is 57.8 Å². The summed E-state index contributed by atoms with van der Waals surface area (Å²) < 4.78 is 33.9. The molecule has 1 N–H and O–H groups in total. The van der Waals surface area contributed by atoms with Crippen LogP contribution in [0.4, 0.5) is 0 Å². The standard InChI is InChI=1S/C25H30N2O4S/c1-17-13-18(2)16-27(15-17)32(29,30)21-9-10-23-22(14-21)19(3)24(31-23)25(28)26-12-11-20-7-5-4-6-8-20/h4-10,14,17-18H,11-13,15-16H2,1-3H3,(H,26,28)/t17-,18+. The molecule has 1 saturated heterocycles. The molecule has 0 bridgehead atoms. The van der Waals surface area contributed by atoms with Crippen molar-refractivity contribution in [1.82, 2.24) is 9.62 Å². The average molecular weight is 455 g/mol. The van der Waals surface area contributed by atoms with Crippen LogP contribution in [0.1, 0.15) is 41.9 Å². The van der Waals surface area contributed by atoms with E-state index < -0.39 is 10.0 Å². The highest BCUT2D eigenvalue weighted by Crippen LogP contribution is 2.31. The number of rotatable bonds is 6. The summed E-state index contributed by atoms with van der Waals surface area (Å²) in [5.74, 6) is 0.596. The predicted molar refractivity (Wildman–Crippen MR) is 125 cm³/mol. The molecule has 2 atom stereocenters. The number of hydrogen-bond donors (Lipinski definition) is 1. The molecule has 1 fully saturated rings. The van der Waals surface area contributed by atoms with Crippen LogP contribution in [0.25, 0.3) is 11.0 Å². The predicted octanol–water partition coefficient (Wildman–Crippen LogP) is 4.38. The number of sulfonamides is 1. The van der Waals surface area contributed by atoms with Gasteiger partial charge in [0.1, 0.15) is 5.58 Å². The summed E-state index contributed by atoms with van der Waals surface area (Å²) in [6.07, 6.45) is 1.76. The molecule has 1 aliphatic rings. The van der Waals surface area contributed by atoms with Crippen LogP contribution < -0.4 is 5.32 Å². The number of benzene rings is 2. The van der Waals surface area contributed by atoms with Gasteiger partial charge >= 0.3 is 0 Å². The van der Waals surface area contributed by atoms with E-state index in [1.807, 2.05) is 30.3 Å². The van der Waals surface area contributed by atoms with E-state index in [0.717, 1.165) is 18.4 Å². The summed E-state index contributed by atoms with van der Waals surface area (Å²) in [4.78, 5) is 12.9. The van der Waals surface area contributed by atoms with Crippen LogP contribution in [-0.2, 0) is 16.4 Å². The molecule has 1 amide bonds. The second-order valence-corrected chi connectivity index (χ2v) is 10.9. The van der Waals surface area contributed by atoms with Gasteiger partial charge in [-0.15, -0.1) is 0 Å². The maximum Gasteiger partial charge on any atom is 0.287 e. The quantitative estimate of drug-likeness (QED) is 0.599. The van der Waals surface area contributed by atoms with Gasteiger partial charge in [0.15, 0.2) is 5.76 Å². The van der Waals surface area contributed by atoms with Crippen LogP contribution >= 0.6 is 0 Å². The molecular weight excluding hydrogens is 424 g/mol. The molecule has 2 aromatic carbocycles. The van der Waals surface area contributed by atoms with Gasteiger partial charge in [0.25, 0.3) is 5.91 Å². The molecule has 3 aromatic rings. The topological polar surface area (TPSA) is 79.6 Å². The fraction of sp³-hybridized carbons (Fsp3) is 0.400. The van der Waals surface area contributed by atoms with E-state index in [1.54, 1.807) is 29.4 Å². The minimum atomic E-state index is -3.60. The van der Waals surface area contributed by atoms with E-state index in [2.05, 4.69) is 19.2 Å². The Morgan fingerprint density at radius 3 is 2.47 bits per heavy atom. The average Bonchev–Trinajstić information content (AvgIpc) is 3.10. The Morgan fingerprint density at radius 1 is 1.09 bits per heavy atom. The van der Waals surface area contributed by atoms with Gasteiger partial charge in [-0.05, 0) is 55.4 Å². The molecule has 6 nitrogen and oxygen atoms in total. The van der Waals surface area contributed by atoms with Crippen molar-refractivity contribution >= 4 is 26.9 Å². The van der Waals surface area contributed by atoms with Gasteiger partial charge in [0, 0.05) is 30.6 Å². The number of nitrogens with one attached hydrogen (secondary N) is 1. The van der Waals surface area contributed by atoms with Gasteiger partial charge in [-0.3, -0.25) is 4.79 Å². The Morgan fingerprint density at radius 2 is 1.78 bits per heavy atom. The fourth-order valence-electron chi connectivity index (χ4n) is 4.57. The van der Waals surface area contributed by atoms with Gasteiger partial charge in [0.2, 0.25) is 10.0 Å². The molecule has 1 aliphatic heterocycles. The molecule has 4 rings (SSSR count). The van der Waals surface area contributed by atoms with Crippen LogP contribution in [0.2, 0.25) is 0 Å². The van der Waals surface area contributed by atoms with Crippen molar-refractivity contribution in [2.75, 3.05) is 19.6 Å². The third-order valence-corrected chi connectivity index (χ3v) is 7.96. The van der Waals surface area contributed by atoms with Crippen LogP contribution in [0, 0.1) is 18.8 Å². The Bertz CT molecular complexity index is 1210. The third kappa shape index (κ3) is 4.59. The normalized spacial score (nSPS) is 19.8. The highest BCUT2D eigenvalue weighted by molar-refractivity contribution is 7.89. The highest BCUT2D eigenvalue weighted by Gasteiger charge is 2.32. The van der Waals surface area contributed by atoms with E-state index in [1.165, 1.54) is 0 Å². The van der Waals surface area contributed by atoms with E-state index in [9.17, 15) is 13.2 Å². The Labute approximate surface area is 189 Å². The molecular formula is C25H30N2O4S. The SMILES string of the molecule is Cc1c(C(=O)NCCc2ccccc2)oc2ccc(S(=O)(=O)N3C[C@H](C)C[C@H](C)C3)cc12. The van der Waals surface area contributed by atoms with E-state index in [4.69, 9.17) is 4.42 Å². The van der Waals surface area contributed by atoms with Gasteiger partial charge < -0.3 is 9.73 Å². The summed E-state index contributed by atoms with van der Waals surface area (Å²) >= 11 is 0. The highest BCUT2D eigenvalue weighted by atomic mass is 32.2. The number of furan rings is 1. The van der Waals surface area contributed by atoms with Crippen LogP contribution in [0.5, 0.6) is 0 Å². The zero-order chi connectivity index (χ0) is 22.9.